The number of ketones is 1. The fraction of sp³-hybridized carbons (Fsp3) is 0.281. The van der Waals surface area contributed by atoms with Crippen LogP contribution in [-0.4, -0.2) is 31.6 Å². The van der Waals surface area contributed by atoms with Gasteiger partial charge in [-0.1, -0.05) is 48.5 Å². The van der Waals surface area contributed by atoms with Crippen molar-refractivity contribution >= 4 is 23.1 Å². The average Bonchev–Trinajstić information content (AvgIpc) is 2.96. The number of anilines is 1. The molecular formula is C32H32N2O5. The minimum atomic E-state index is -0.684. The van der Waals surface area contributed by atoms with Crippen LogP contribution in [0.25, 0.3) is 0 Å². The molecule has 200 valence electrons. The van der Waals surface area contributed by atoms with Gasteiger partial charge in [0.2, 0.25) is 5.91 Å². The van der Waals surface area contributed by atoms with Crippen molar-refractivity contribution in [3.8, 4) is 17.2 Å². The maximum absolute atomic E-state index is 13.9. The highest BCUT2D eigenvalue weighted by molar-refractivity contribution is 6.13. The van der Waals surface area contributed by atoms with Crippen LogP contribution in [0.1, 0.15) is 43.2 Å². The number of ether oxygens (including phenoxy) is 3. The highest BCUT2D eigenvalue weighted by atomic mass is 16.5. The van der Waals surface area contributed by atoms with Crippen LogP contribution in [0.3, 0.4) is 0 Å². The average molecular weight is 525 g/mol. The molecule has 1 heterocycles. The Morgan fingerprint density at radius 2 is 1.67 bits per heavy atom. The van der Waals surface area contributed by atoms with E-state index in [1.165, 1.54) is 0 Å². The summed E-state index contributed by atoms with van der Waals surface area (Å²) in [6.07, 6.45) is 1.92. The minimum absolute atomic E-state index is 0.0379. The van der Waals surface area contributed by atoms with E-state index in [1.54, 1.807) is 26.4 Å². The number of para-hydroxylation sites is 2. The maximum atomic E-state index is 13.9. The smallest absolute Gasteiger partial charge is 0.234 e. The van der Waals surface area contributed by atoms with Gasteiger partial charge >= 0.3 is 0 Å². The Morgan fingerprint density at radius 1 is 0.923 bits per heavy atom. The SMILES string of the molecule is COc1ccccc1NC(=O)C1C(C)=NC2=C(C(=O)CCC2)[C@H]1c1ccc(OCc2ccccc2)c(OC)c1. The number of nitrogens with one attached hydrogen (secondary N) is 1. The van der Waals surface area contributed by atoms with Crippen LogP contribution in [0, 0.1) is 5.92 Å². The normalized spacial score (nSPS) is 18.6. The van der Waals surface area contributed by atoms with E-state index in [4.69, 9.17) is 19.2 Å². The molecule has 0 saturated carbocycles. The number of benzene rings is 3. The Morgan fingerprint density at radius 3 is 2.44 bits per heavy atom. The summed E-state index contributed by atoms with van der Waals surface area (Å²) in [6.45, 7) is 2.25. The van der Waals surface area contributed by atoms with Crippen LogP contribution in [0.5, 0.6) is 17.2 Å². The molecule has 0 radical (unpaired) electrons. The Hall–Kier alpha value is -4.39. The van der Waals surface area contributed by atoms with E-state index >= 15 is 0 Å². The number of rotatable bonds is 8. The van der Waals surface area contributed by atoms with Gasteiger partial charge in [0.25, 0.3) is 0 Å². The zero-order chi connectivity index (χ0) is 27.4. The van der Waals surface area contributed by atoms with Gasteiger partial charge in [-0.05, 0) is 55.2 Å². The molecule has 5 rings (SSSR count). The third-order valence-corrected chi connectivity index (χ3v) is 7.27. The number of nitrogens with zero attached hydrogens (tertiary/aromatic N) is 1. The molecule has 0 fully saturated rings. The van der Waals surface area contributed by atoms with Crippen LogP contribution < -0.4 is 19.5 Å². The number of carbonyl (C=O) groups is 2. The van der Waals surface area contributed by atoms with Gasteiger partial charge in [-0.25, -0.2) is 0 Å². The first-order valence-corrected chi connectivity index (χ1v) is 13.1. The highest BCUT2D eigenvalue weighted by Crippen LogP contribution is 2.45. The number of methoxy groups -OCH3 is 2. The van der Waals surface area contributed by atoms with Crippen LogP contribution >= 0.6 is 0 Å². The second-order valence-electron chi connectivity index (χ2n) is 9.72. The molecule has 1 N–H and O–H groups in total. The van der Waals surface area contributed by atoms with Crippen LogP contribution in [0.4, 0.5) is 5.69 Å². The Kier molecular flexibility index (Phi) is 7.77. The van der Waals surface area contributed by atoms with E-state index in [2.05, 4.69) is 5.32 Å². The lowest BCUT2D eigenvalue weighted by atomic mass is 9.71. The van der Waals surface area contributed by atoms with E-state index < -0.39 is 11.8 Å². The molecule has 0 saturated heterocycles. The molecule has 7 heteroatoms. The topological polar surface area (TPSA) is 86.2 Å². The summed E-state index contributed by atoms with van der Waals surface area (Å²) in [7, 11) is 3.15. The number of carbonyl (C=O) groups excluding carboxylic acids is 2. The van der Waals surface area contributed by atoms with Gasteiger partial charge in [0.15, 0.2) is 17.3 Å². The van der Waals surface area contributed by atoms with Gasteiger partial charge in [-0.3, -0.25) is 14.6 Å². The number of allylic oxidation sites excluding steroid dienone is 2. The third kappa shape index (κ3) is 5.43. The predicted octanol–water partition coefficient (Wildman–Crippen LogP) is 6.10. The largest absolute Gasteiger partial charge is 0.495 e. The molecule has 3 aromatic rings. The maximum Gasteiger partial charge on any atom is 0.234 e. The van der Waals surface area contributed by atoms with Crippen LogP contribution in [0.2, 0.25) is 0 Å². The van der Waals surface area contributed by atoms with Crippen LogP contribution in [0.15, 0.2) is 89.1 Å². The zero-order valence-corrected chi connectivity index (χ0v) is 22.4. The minimum Gasteiger partial charge on any atom is -0.495 e. The van der Waals surface area contributed by atoms with Crippen LogP contribution in [-0.2, 0) is 16.2 Å². The van der Waals surface area contributed by atoms with Gasteiger partial charge in [0, 0.05) is 29.3 Å². The van der Waals surface area contributed by atoms with Gasteiger partial charge in [-0.2, -0.15) is 0 Å². The fourth-order valence-electron chi connectivity index (χ4n) is 5.40. The van der Waals surface area contributed by atoms with E-state index in [0.717, 1.165) is 23.2 Å². The van der Waals surface area contributed by atoms with Crippen molar-refractivity contribution in [1.29, 1.82) is 0 Å². The summed E-state index contributed by atoms with van der Waals surface area (Å²) >= 11 is 0. The van der Waals surface area contributed by atoms with Gasteiger partial charge in [0.05, 0.1) is 25.8 Å². The van der Waals surface area contributed by atoms with E-state index in [0.29, 0.717) is 53.7 Å². The Balaban J connectivity index is 1.52. The molecule has 39 heavy (non-hydrogen) atoms. The van der Waals surface area contributed by atoms with Crippen molar-refractivity contribution in [2.75, 3.05) is 19.5 Å². The van der Waals surface area contributed by atoms with E-state index in [1.807, 2.05) is 67.6 Å². The lowest BCUT2D eigenvalue weighted by Gasteiger charge is -2.35. The molecular weight excluding hydrogens is 492 g/mol. The van der Waals surface area contributed by atoms with Crippen molar-refractivity contribution in [3.63, 3.8) is 0 Å². The van der Waals surface area contributed by atoms with Crippen molar-refractivity contribution in [3.05, 3.63) is 95.2 Å². The van der Waals surface area contributed by atoms with Crippen molar-refractivity contribution in [2.45, 2.75) is 38.7 Å². The van der Waals surface area contributed by atoms with Gasteiger partial charge in [0.1, 0.15) is 12.4 Å². The Bertz CT molecular complexity index is 1440. The standard InChI is InChI=1S/C32H32N2O5/c1-20-29(32(36)34-23-12-7-8-15-26(23)37-2)30(31-24(33-20)13-9-14-25(31)35)22-16-17-27(28(18-22)38-3)39-19-21-10-5-4-6-11-21/h4-8,10-12,15-18,29-30H,9,13-14,19H2,1-3H3,(H,34,36)/t29?,30-/m0/s1. The summed E-state index contributed by atoms with van der Waals surface area (Å²) in [5, 5.41) is 3.02. The first-order valence-electron chi connectivity index (χ1n) is 13.1. The molecule has 0 spiro atoms. The summed E-state index contributed by atoms with van der Waals surface area (Å²) in [6, 6.07) is 22.8. The number of aliphatic imine (C=N–C) groups is 1. The second-order valence-corrected chi connectivity index (χ2v) is 9.72. The quantitative estimate of drug-likeness (QED) is 0.385. The predicted molar refractivity (Wildman–Crippen MR) is 151 cm³/mol. The molecule has 7 nitrogen and oxygen atoms in total. The molecule has 3 aromatic carbocycles. The molecule has 0 bridgehead atoms. The second kappa shape index (κ2) is 11.6. The monoisotopic (exact) mass is 524 g/mol. The Labute approximate surface area is 228 Å². The lowest BCUT2D eigenvalue weighted by molar-refractivity contribution is -0.119. The molecule has 1 unspecified atom stereocenters. The summed E-state index contributed by atoms with van der Waals surface area (Å²) in [5.41, 5.74) is 4.47. The summed E-state index contributed by atoms with van der Waals surface area (Å²) in [5.74, 6) is 0.287. The van der Waals surface area contributed by atoms with Crippen molar-refractivity contribution in [2.24, 2.45) is 10.9 Å². The number of amides is 1. The molecule has 0 aromatic heterocycles. The van der Waals surface area contributed by atoms with Gasteiger partial charge in [-0.15, -0.1) is 0 Å². The lowest BCUT2D eigenvalue weighted by Crippen LogP contribution is -2.39. The fourth-order valence-corrected chi connectivity index (χ4v) is 5.40. The zero-order valence-electron chi connectivity index (χ0n) is 22.4. The number of hydrogen-bond donors (Lipinski definition) is 1. The summed E-state index contributed by atoms with van der Waals surface area (Å²) in [4.78, 5) is 31.9. The van der Waals surface area contributed by atoms with Crippen molar-refractivity contribution < 1.29 is 23.8 Å². The van der Waals surface area contributed by atoms with E-state index in [-0.39, 0.29) is 11.7 Å². The molecule has 1 aliphatic carbocycles. The van der Waals surface area contributed by atoms with Gasteiger partial charge < -0.3 is 19.5 Å². The highest BCUT2D eigenvalue weighted by Gasteiger charge is 2.42. The molecule has 2 aliphatic rings. The molecule has 1 aliphatic heterocycles. The van der Waals surface area contributed by atoms with Crippen molar-refractivity contribution in [1.82, 2.24) is 0 Å². The third-order valence-electron chi connectivity index (χ3n) is 7.27. The first-order chi connectivity index (χ1) is 19.0. The molecule has 1 amide bonds. The number of Topliss-reactive ketones (excluding diaryl/α,β-unsaturated/α-hetero) is 1. The first kappa shape index (κ1) is 26.2. The number of hydrogen-bond acceptors (Lipinski definition) is 6. The van der Waals surface area contributed by atoms with E-state index in [9.17, 15) is 9.59 Å². The summed E-state index contributed by atoms with van der Waals surface area (Å²) < 4.78 is 17.2. The molecule has 2 atom stereocenters.